The molecule has 0 radical (unpaired) electrons. The molecule has 0 spiro atoms. The number of esters is 2. The van der Waals surface area contributed by atoms with Gasteiger partial charge in [-0.3, -0.25) is 14.2 Å². The molecule has 0 amide bonds. The highest BCUT2D eigenvalue weighted by molar-refractivity contribution is 5.80. The van der Waals surface area contributed by atoms with Gasteiger partial charge in [0.2, 0.25) is 5.95 Å². The van der Waals surface area contributed by atoms with Crippen LogP contribution in [0.4, 0.5) is 5.95 Å². The number of nitrogens with one attached hydrogen (secondary N) is 1. The third kappa shape index (κ3) is 4.17. The molecule has 1 aliphatic rings. The van der Waals surface area contributed by atoms with E-state index in [1.165, 1.54) is 13.8 Å². The van der Waals surface area contributed by atoms with Crippen LogP contribution in [0.5, 0.6) is 0 Å². The van der Waals surface area contributed by atoms with E-state index < -0.39 is 36.5 Å². The van der Waals surface area contributed by atoms with E-state index in [-0.39, 0.29) is 6.04 Å². The summed E-state index contributed by atoms with van der Waals surface area (Å²) in [6.45, 7) is 8.28. The highest BCUT2D eigenvalue weighted by Gasteiger charge is 2.49. The highest BCUT2D eigenvalue weighted by atomic mass is 16.6. The number of carbonyl (C=O) groups is 2. The molecular formula is C20H24N4O5. The summed E-state index contributed by atoms with van der Waals surface area (Å²) in [6, 6.07) is 7.30. The third-order valence-electron chi connectivity index (χ3n) is 4.52. The van der Waals surface area contributed by atoms with Crippen molar-refractivity contribution in [2.24, 2.45) is 0 Å². The predicted molar refractivity (Wildman–Crippen MR) is 104 cm³/mol. The van der Waals surface area contributed by atoms with Gasteiger partial charge in [-0.15, -0.1) is 0 Å². The van der Waals surface area contributed by atoms with Crippen LogP contribution in [0.25, 0.3) is 11.0 Å². The summed E-state index contributed by atoms with van der Waals surface area (Å²) in [4.78, 5) is 28.0. The fraction of sp³-hybridized carbons (Fsp3) is 0.500. The summed E-state index contributed by atoms with van der Waals surface area (Å²) in [5, 5.41) is 12.5. The number of benzene rings is 1. The monoisotopic (exact) mass is 400 g/mol. The summed E-state index contributed by atoms with van der Waals surface area (Å²) in [5.74, 6) is -0.495. The van der Waals surface area contributed by atoms with Gasteiger partial charge in [0.1, 0.15) is 0 Å². The lowest BCUT2D eigenvalue weighted by molar-refractivity contribution is -0.165. The Kier molecular flexibility index (Phi) is 5.75. The Hall–Kier alpha value is -3.12. The molecule has 2 heterocycles. The lowest BCUT2D eigenvalue weighted by Gasteiger charge is -2.25. The van der Waals surface area contributed by atoms with Crippen LogP contribution in [0.1, 0.15) is 46.4 Å². The zero-order valence-electron chi connectivity index (χ0n) is 17.0. The maximum atomic E-state index is 11.8. The van der Waals surface area contributed by atoms with Gasteiger partial charge in [0.05, 0.1) is 28.8 Å². The minimum absolute atomic E-state index is 0.0660. The molecule has 1 unspecified atom stereocenters. The Morgan fingerprint density at radius 1 is 1.24 bits per heavy atom. The summed E-state index contributed by atoms with van der Waals surface area (Å²) < 4.78 is 18.8. The minimum atomic E-state index is -0.854. The lowest BCUT2D eigenvalue weighted by Crippen LogP contribution is -2.38. The van der Waals surface area contributed by atoms with Crippen LogP contribution in [0.15, 0.2) is 18.2 Å². The molecule has 0 aliphatic carbocycles. The highest BCUT2D eigenvalue weighted by Crippen LogP contribution is 2.38. The first-order chi connectivity index (χ1) is 13.7. The third-order valence-corrected chi connectivity index (χ3v) is 4.52. The van der Waals surface area contributed by atoms with E-state index in [0.717, 1.165) is 0 Å². The van der Waals surface area contributed by atoms with Gasteiger partial charge in [0, 0.05) is 19.9 Å². The van der Waals surface area contributed by atoms with E-state index in [2.05, 4.69) is 16.4 Å². The number of anilines is 1. The minimum Gasteiger partial charge on any atom is -0.456 e. The molecule has 1 aromatic carbocycles. The van der Waals surface area contributed by atoms with Gasteiger partial charge in [-0.1, -0.05) is 0 Å². The van der Waals surface area contributed by atoms with E-state index in [9.17, 15) is 14.9 Å². The number of fused-ring (bicyclic) bond motifs is 1. The molecule has 1 N–H and O–H groups in total. The van der Waals surface area contributed by atoms with Gasteiger partial charge in [-0.05, 0) is 39.0 Å². The summed E-state index contributed by atoms with van der Waals surface area (Å²) >= 11 is 0. The summed E-state index contributed by atoms with van der Waals surface area (Å²) in [7, 11) is 0. The SMILES string of the molecule is CC(=O)O[C@@H]1[C@@H](C)OC(n2c(NC(C)C)nc3cc(C#N)ccc32)[C@@H]1OC(C)=O. The lowest BCUT2D eigenvalue weighted by atomic mass is 10.1. The van der Waals surface area contributed by atoms with Crippen molar-refractivity contribution in [3.8, 4) is 6.07 Å². The van der Waals surface area contributed by atoms with Crippen LogP contribution in [-0.4, -0.2) is 45.8 Å². The first-order valence-electron chi connectivity index (χ1n) is 9.39. The van der Waals surface area contributed by atoms with Crippen LogP contribution < -0.4 is 5.32 Å². The Morgan fingerprint density at radius 3 is 2.48 bits per heavy atom. The van der Waals surface area contributed by atoms with Crippen molar-refractivity contribution in [2.75, 3.05) is 5.32 Å². The number of nitrogens with zero attached hydrogens (tertiary/aromatic N) is 3. The number of rotatable bonds is 5. The average Bonchev–Trinajstić information content (AvgIpc) is 3.11. The fourth-order valence-electron chi connectivity index (χ4n) is 3.47. The molecule has 1 saturated heterocycles. The number of hydrogen-bond donors (Lipinski definition) is 1. The molecule has 1 fully saturated rings. The first-order valence-corrected chi connectivity index (χ1v) is 9.39. The Morgan fingerprint density at radius 2 is 1.90 bits per heavy atom. The number of carbonyl (C=O) groups excluding carboxylic acids is 2. The number of hydrogen-bond acceptors (Lipinski definition) is 8. The van der Waals surface area contributed by atoms with Crippen molar-refractivity contribution in [1.82, 2.24) is 9.55 Å². The van der Waals surface area contributed by atoms with Crippen LogP contribution >= 0.6 is 0 Å². The van der Waals surface area contributed by atoms with Crippen molar-refractivity contribution < 1.29 is 23.8 Å². The molecule has 3 rings (SSSR count). The topological polar surface area (TPSA) is 115 Å². The van der Waals surface area contributed by atoms with Crippen molar-refractivity contribution in [1.29, 1.82) is 5.26 Å². The van der Waals surface area contributed by atoms with Crippen molar-refractivity contribution in [3.63, 3.8) is 0 Å². The largest absolute Gasteiger partial charge is 0.456 e. The van der Waals surface area contributed by atoms with Crippen molar-refractivity contribution in [2.45, 2.75) is 65.2 Å². The summed E-state index contributed by atoms with van der Waals surface area (Å²) in [6.07, 6.45) is -2.88. The fourth-order valence-corrected chi connectivity index (χ4v) is 3.47. The molecule has 1 aliphatic heterocycles. The molecule has 9 nitrogen and oxygen atoms in total. The number of nitriles is 1. The molecule has 1 aromatic heterocycles. The Labute approximate surface area is 168 Å². The van der Waals surface area contributed by atoms with Crippen LogP contribution in [-0.2, 0) is 23.8 Å². The molecular weight excluding hydrogens is 376 g/mol. The normalized spacial score (nSPS) is 23.8. The van der Waals surface area contributed by atoms with Crippen LogP contribution in [0, 0.1) is 11.3 Å². The van der Waals surface area contributed by atoms with Gasteiger partial charge in [0.15, 0.2) is 18.4 Å². The maximum Gasteiger partial charge on any atom is 0.303 e. The first kappa shape index (κ1) is 20.6. The molecule has 0 bridgehead atoms. The zero-order valence-corrected chi connectivity index (χ0v) is 17.0. The van der Waals surface area contributed by atoms with Crippen LogP contribution in [0.2, 0.25) is 0 Å². The van der Waals surface area contributed by atoms with Gasteiger partial charge < -0.3 is 19.5 Å². The maximum absolute atomic E-state index is 11.8. The Balaban J connectivity index is 2.14. The number of aromatic nitrogens is 2. The van der Waals surface area contributed by atoms with Crippen molar-refractivity contribution in [3.05, 3.63) is 23.8 Å². The van der Waals surface area contributed by atoms with E-state index in [4.69, 9.17) is 14.2 Å². The molecule has 0 saturated carbocycles. The van der Waals surface area contributed by atoms with E-state index in [0.29, 0.717) is 22.5 Å². The number of imidazole rings is 1. The van der Waals surface area contributed by atoms with Gasteiger partial charge in [0.25, 0.3) is 0 Å². The zero-order chi connectivity index (χ0) is 21.3. The quantitative estimate of drug-likeness (QED) is 0.761. The molecule has 2 aromatic rings. The van der Waals surface area contributed by atoms with Gasteiger partial charge >= 0.3 is 11.9 Å². The number of ether oxygens (including phenoxy) is 3. The van der Waals surface area contributed by atoms with E-state index >= 15 is 0 Å². The van der Waals surface area contributed by atoms with E-state index in [1.807, 2.05) is 13.8 Å². The second-order valence-electron chi connectivity index (χ2n) is 7.30. The molecule has 154 valence electrons. The second kappa shape index (κ2) is 8.09. The van der Waals surface area contributed by atoms with Crippen LogP contribution in [0.3, 0.4) is 0 Å². The predicted octanol–water partition coefficient (Wildman–Crippen LogP) is 2.51. The second-order valence-corrected chi connectivity index (χ2v) is 7.30. The summed E-state index contributed by atoms with van der Waals surface area (Å²) in [5.41, 5.74) is 1.78. The Bertz CT molecular complexity index is 977. The van der Waals surface area contributed by atoms with Gasteiger partial charge in [-0.2, -0.15) is 5.26 Å². The smallest absolute Gasteiger partial charge is 0.303 e. The standard InChI is InChI=1S/C20H24N4O5/c1-10(2)22-20-23-15-8-14(9-21)6-7-16(15)24(20)19-18(29-13(5)26)17(11(3)27-19)28-12(4)25/h6-8,10-11,17-19H,1-5H3,(H,22,23)/t11-,17-,18-,19?/m1/s1. The molecule has 9 heteroatoms. The van der Waals surface area contributed by atoms with E-state index in [1.54, 1.807) is 29.7 Å². The molecule has 29 heavy (non-hydrogen) atoms. The van der Waals surface area contributed by atoms with Gasteiger partial charge in [-0.25, -0.2) is 4.98 Å². The molecule has 4 atom stereocenters. The average molecular weight is 400 g/mol. The van der Waals surface area contributed by atoms with Crippen molar-refractivity contribution >= 4 is 28.9 Å².